The molecule has 104 valence electrons. The number of benzene rings is 1. The highest BCUT2D eigenvalue weighted by Gasteiger charge is 2.05. The van der Waals surface area contributed by atoms with E-state index in [0.29, 0.717) is 11.4 Å². The third-order valence-electron chi connectivity index (χ3n) is 2.56. The van der Waals surface area contributed by atoms with Gasteiger partial charge in [-0.25, -0.2) is 9.98 Å². The molecule has 0 fully saturated rings. The molecule has 5 nitrogen and oxygen atoms in total. The first-order valence-electron chi connectivity index (χ1n) is 6.06. The quantitative estimate of drug-likeness (QED) is 0.518. The van der Waals surface area contributed by atoms with Crippen LogP contribution in [-0.4, -0.2) is 25.0 Å². The number of hydrogen-bond acceptors (Lipinski definition) is 3. The number of nitriles is 1. The molecule has 5 heteroatoms. The maximum atomic E-state index is 11.7. The smallest absolute Gasteiger partial charge is 0.252 e. The summed E-state index contributed by atoms with van der Waals surface area (Å²) in [4.78, 5) is 19.7. The summed E-state index contributed by atoms with van der Waals surface area (Å²) in [7, 11) is 0. The molecule has 0 saturated heterocycles. The predicted octanol–water partition coefficient (Wildman–Crippen LogP) is 2.67. The van der Waals surface area contributed by atoms with Gasteiger partial charge in [0.05, 0.1) is 11.8 Å². The molecule has 0 bridgehead atoms. The first-order valence-corrected chi connectivity index (χ1v) is 6.06. The molecule has 1 aromatic carbocycles. The fraction of sp³-hybridized carbons (Fsp3) is 0.200. The number of carbonyl (C=O) groups excluding carboxylic acids is 1. The van der Waals surface area contributed by atoms with E-state index in [1.807, 2.05) is 19.1 Å². The van der Waals surface area contributed by atoms with E-state index in [1.54, 1.807) is 31.2 Å². The Hall–Kier alpha value is -2.74. The van der Waals surface area contributed by atoms with Gasteiger partial charge in [0, 0.05) is 6.99 Å². The van der Waals surface area contributed by atoms with Crippen molar-refractivity contribution in [2.45, 2.75) is 13.8 Å². The average Bonchev–Trinajstić information content (AvgIpc) is 2.50. The fourth-order valence-corrected chi connectivity index (χ4v) is 1.52. The van der Waals surface area contributed by atoms with Crippen molar-refractivity contribution in [1.82, 2.24) is 5.32 Å². The number of nitrogens with zero attached hydrogens (tertiary/aromatic N) is 3. The van der Waals surface area contributed by atoms with E-state index in [9.17, 15) is 4.79 Å². The molecule has 0 saturated carbocycles. The minimum atomic E-state index is -0.271. The molecule has 1 aromatic rings. The number of hydrogen-bond donors (Lipinski definition) is 1. The van der Waals surface area contributed by atoms with Gasteiger partial charge in [0.1, 0.15) is 12.4 Å². The lowest BCUT2D eigenvalue weighted by molar-refractivity contribution is 0.0958. The Labute approximate surface area is 119 Å². The van der Waals surface area contributed by atoms with E-state index in [2.05, 4.69) is 22.0 Å². The highest BCUT2D eigenvalue weighted by molar-refractivity contribution is 5.95. The number of aliphatic imine (C=N–C) groups is 2. The minimum Gasteiger partial charge on any atom is -0.339 e. The Balaban J connectivity index is 0.00000400. The van der Waals surface area contributed by atoms with Gasteiger partial charge in [0.25, 0.3) is 5.91 Å². The zero-order valence-corrected chi connectivity index (χ0v) is 11.6. The maximum absolute atomic E-state index is 11.7. The van der Waals surface area contributed by atoms with Crippen LogP contribution in [0.4, 0.5) is 0 Å². The largest absolute Gasteiger partial charge is 0.339 e. The van der Waals surface area contributed by atoms with Crippen LogP contribution in [0.15, 0.2) is 40.3 Å². The molecule has 1 rings (SSSR count). The van der Waals surface area contributed by atoms with Crippen molar-refractivity contribution in [3.05, 3.63) is 41.5 Å². The van der Waals surface area contributed by atoms with Crippen LogP contribution in [0.5, 0.6) is 0 Å². The standard InChI is InChI=1S/C15H16N4O.H2/c1-4-14(19-11(2)17-3)12-5-7-13(8-6-12)15(20)18-10-9-16;/h4-8H,3,10H2,1-2H3,(H,18,20);1H/b14-4-,19-11?;. The van der Waals surface area contributed by atoms with Crippen LogP contribution in [0.2, 0.25) is 0 Å². The van der Waals surface area contributed by atoms with Crippen LogP contribution in [0.3, 0.4) is 0 Å². The molecule has 0 aliphatic carbocycles. The van der Waals surface area contributed by atoms with Gasteiger partial charge in [-0.05, 0) is 38.3 Å². The number of nitrogens with one attached hydrogen (secondary N) is 1. The SMILES string of the molecule is C=NC(C)=N/C(=C\C)c1ccc(C(=O)NCC#N)cc1.[HH]. The van der Waals surface area contributed by atoms with Gasteiger partial charge in [-0.3, -0.25) is 4.79 Å². The first kappa shape index (κ1) is 15.3. The van der Waals surface area contributed by atoms with Crippen LogP contribution in [0.25, 0.3) is 5.70 Å². The van der Waals surface area contributed by atoms with E-state index < -0.39 is 0 Å². The van der Waals surface area contributed by atoms with E-state index >= 15 is 0 Å². The van der Waals surface area contributed by atoms with Crippen LogP contribution in [0, 0.1) is 11.3 Å². The van der Waals surface area contributed by atoms with Crippen molar-refractivity contribution >= 4 is 24.2 Å². The van der Waals surface area contributed by atoms with Crippen molar-refractivity contribution in [3.63, 3.8) is 0 Å². The maximum Gasteiger partial charge on any atom is 0.252 e. The molecule has 20 heavy (non-hydrogen) atoms. The van der Waals surface area contributed by atoms with Gasteiger partial charge in [-0.2, -0.15) is 5.26 Å². The zero-order chi connectivity index (χ0) is 15.0. The van der Waals surface area contributed by atoms with Gasteiger partial charge in [0.2, 0.25) is 0 Å². The zero-order valence-electron chi connectivity index (χ0n) is 11.6. The molecule has 0 aromatic heterocycles. The second-order valence-corrected chi connectivity index (χ2v) is 3.91. The third-order valence-corrected chi connectivity index (χ3v) is 2.56. The van der Waals surface area contributed by atoms with Gasteiger partial charge in [-0.15, -0.1) is 0 Å². The lowest BCUT2D eigenvalue weighted by Crippen LogP contribution is -2.23. The molecule has 0 atom stereocenters. The Bertz CT molecular complexity index is 597. The first-order chi connectivity index (χ1) is 9.62. The molecule has 0 aliphatic heterocycles. The summed E-state index contributed by atoms with van der Waals surface area (Å²) in [6.45, 7) is 7.06. The van der Waals surface area contributed by atoms with Gasteiger partial charge in [-0.1, -0.05) is 18.2 Å². The van der Waals surface area contributed by atoms with Crippen molar-refractivity contribution < 1.29 is 6.22 Å². The monoisotopic (exact) mass is 270 g/mol. The lowest BCUT2D eigenvalue weighted by atomic mass is 10.1. The summed E-state index contributed by atoms with van der Waals surface area (Å²) in [6, 6.07) is 8.85. The van der Waals surface area contributed by atoms with Crippen LogP contribution in [0.1, 0.15) is 31.2 Å². The summed E-state index contributed by atoms with van der Waals surface area (Å²) >= 11 is 0. The summed E-state index contributed by atoms with van der Waals surface area (Å²) < 4.78 is 0. The normalized spacial score (nSPS) is 11.7. The van der Waals surface area contributed by atoms with Crippen molar-refractivity contribution in [2.24, 2.45) is 9.98 Å². The van der Waals surface area contributed by atoms with E-state index in [0.717, 1.165) is 11.3 Å². The molecule has 0 spiro atoms. The molecule has 1 N–H and O–H groups in total. The summed E-state index contributed by atoms with van der Waals surface area (Å²) in [5.74, 6) is 0.307. The van der Waals surface area contributed by atoms with Gasteiger partial charge >= 0.3 is 0 Å². The molecule has 0 aliphatic rings. The number of rotatable bonds is 4. The fourth-order valence-electron chi connectivity index (χ4n) is 1.52. The lowest BCUT2D eigenvalue weighted by Gasteiger charge is -2.05. The Morgan fingerprint density at radius 2 is 2.05 bits per heavy atom. The second kappa shape index (κ2) is 7.64. The van der Waals surface area contributed by atoms with Gasteiger partial charge < -0.3 is 5.32 Å². The molecular formula is C15H18N4O. The summed E-state index contributed by atoms with van der Waals surface area (Å²) in [5, 5.41) is 10.9. The molecule has 0 radical (unpaired) electrons. The molecule has 0 unspecified atom stereocenters. The van der Waals surface area contributed by atoms with E-state index in [4.69, 9.17) is 5.26 Å². The summed E-state index contributed by atoms with van der Waals surface area (Å²) in [6.07, 6.45) is 1.86. The molecule has 0 heterocycles. The molecule has 1 amide bonds. The second-order valence-electron chi connectivity index (χ2n) is 3.91. The van der Waals surface area contributed by atoms with Crippen molar-refractivity contribution in [3.8, 4) is 6.07 Å². The van der Waals surface area contributed by atoms with Crippen molar-refractivity contribution in [2.75, 3.05) is 6.54 Å². The third kappa shape index (κ3) is 4.18. The van der Waals surface area contributed by atoms with Crippen LogP contribution in [-0.2, 0) is 0 Å². The van der Waals surface area contributed by atoms with E-state index in [-0.39, 0.29) is 13.9 Å². The highest BCUT2D eigenvalue weighted by atomic mass is 16.1. The Morgan fingerprint density at radius 3 is 2.55 bits per heavy atom. The van der Waals surface area contributed by atoms with Crippen LogP contribution < -0.4 is 5.32 Å². The number of amides is 1. The van der Waals surface area contributed by atoms with E-state index in [1.165, 1.54) is 0 Å². The number of carbonyl (C=O) groups is 1. The topological polar surface area (TPSA) is 77.6 Å². The minimum absolute atomic E-state index is 0. The number of amidine groups is 1. The highest BCUT2D eigenvalue weighted by Crippen LogP contribution is 2.17. The van der Waals surface area contributed by atoms with Crippen LogP contribution >= 0.6 is 0 Å². The summed E-state index contributed by atoms with van der Waals surface area (Å²) in [5.41, 5.74) is 2.15. The predicted molar refractivity (Wildman–Crippen MR) is 82.8 cm³/mol. The number of allylic oxidation sites excluding steroid dienone is 1. The van der Waals surface area contributed by atoms with Crippen molar-refractivity contribution in [1.29, 1.82) is 5.26 Å². The average molecular weight is 270 g/mol. The Morgan fingerprint density at radius 1 is 1.45 bits per heavy atom. The Kier molecular flexibility index (Phi) is 5.85. The van der Waals surface area contributed by atoms with Gasteiger partial charge in [0.15, 0.2) is 0 Å². The molecular weight excluding hydrogens is 252 g/mol.